The second kappa shape index (κ2) is 7.98. The van der Waals surface area contributed by atoms with Gasteiger partial charge >= 0.3 is 0 Å². The van der Waals surface area contributed by atoms with Crippen LogP contribution in [-0.4, -0.2) is 25.9 Å². The fourth-order valence-corrected chi connectivity index (χ4v) is 2.13. The van der Waals surface area contributed by atoms with Crippen LogP contribution < -0.4 is 10.2 Å². The highest BCUT2D eigenvalue weighted by Gasteiger charge is 2.07. The molecule has 5 heteroatoms. The fraction of sp³-hybridized carbons (Fsp3) is 0.222. The van der Waals surface area contributed by atoms with Crippen LogP contribution in [-0.2, 0) is 16.1 Å². The van der Waals surface area contributed by atoms with Crippen LogP contribution in [0.4, 0.5) is 11.4 Å². The zero-order valence-electron chi connectivity index (χ0n) is 13.6. The van der Waals surface area contributed by atoms with E-state index >= 15 is 0 Å². The number of rotatable bonds is 5. The van der Waals surface area contributed by atoms with Crippen molar-refractivity contribution in [2.75, 3.05) is 24.4 Å². The molecular formula is C18H21N3O2. The Balaban J connectivity index is 1.97. The van der Waals surface area contributed by atoms with E-state index in [0.29, 0.717) is 6.42 Å². The highest BCUT2D eigenvalue weighted by molar-refractivity contribution is 5.96. The predicted octanol–water partition coefficient (Wildman–Crippen LogP) is 3.28. The van der Waals surface area contributed by atoms with E-state index in [-0.39, 0.29) is 5.91 Å². The average Bonchev–Trinajstić information content (AvgIpc) is 2.56. The fourth-order valence-electron chi connectivity index (χ4n) is 2.13. The number of hydrogen-bond acceptors (Lipinski definition) is 3. The van der Waals surface area contributed by atoms with Crippen LogP contribution in [0.3, 0.4) is 0 Å². The summed E-state index contributed by atoms with van der Waals surface area (Å²) in [5, 5.41) is 6.79. The summed E-state index contributed by atoms with van der Waals surface area (Å²) in [5.41, 5.74) is 2.72. The molecule has 0 aliphatic rings. The van der Waals surface area contributed by atoms with E-state index in [1.165, 1.54) is 7.11 Å². The Morgan fingerprint density at radius 3 is 2.39 bits per heavy atom. The Bertz CT molecular complexity index is 666. The number of amides is 1. The second-order valence-corrected chi connectivity index (χ2v) is 5.14. The van der Waals surface area contributed by atoms with Crippen molar-refractivity contribution in [2.45, 2.75) is 13.3 Å². The molecule has 1 N–H and O–H groups in total. The number of benzene rings is 2. The summed E-state index contributed by atoms with van der Waals surface area (Å²) in [7, 11) is 3.42. The largest absolute Gasteiger partial charge is 0.398 e. The minimum Gasteiger partial charge on any atom is -0.398 e. The Kier molecular flexibility index (Phi) is 5.74. The summed E-state index contributed by atoms with van der Waals surface area (Å²) in [6.45, 7) is 1.86. The number of carbonyl (C=O) groups excluding carboxylic acids is 1. The molecule has 0 atom stereocenters. The number of nitrogens with one attached hydrogen (secondary N) is 1. The number of carbonyl (C=O) groups is 1. The molecule has 0 heterocycles. The number of hydrogen-bond donors (Lipinski definition) is 1. The van der Waals surface area contributed by atoms with Crippen LogP contribution >= 0.6 is 0 Å². The molecule has 0 radical (unpaired) electrons. The van der Waals surface area contributed by atoms with E-state index in [1.54, 1.807) is 0 Å². The molecule has 0 saturated carbocycles. The van der Waals surface area contributed by atoms with E-state index in [9.17, 15) is 4.79 Å². The molecule has 23 heavy (non-hydrogen) atoms. The van der Waals surface area contributed by atoms with E-state index in [2.05, 4.69) is 10.5 Å². The Morgan fingerprint density at radius 1 is 1.13 bits per heavy atom. The molecule has 2 aromatic carbocycles. The Labute approximate surface area is 136 Å². The molecule has 0 saturated heterocycles. The van der Waals surface area contributed by atoms with Gasteiger partial charge in [0.15, 0.2) is 0 Å². The Hall–Kier alpha value is -2.82. The van der Waals surface area contributed by atoms with Crippen molar-refractivity contribution in [1.82, 2.24) is 0 Å². The van der Waals surface area contributed by atoms with Crippen LogP contribution in [0.5, 0.6) is 0 Å². The van der Waals surface area contributed by atoms with Crippen molar-refractivity contribution in [3.8, 4) is 0 Å². The summed E-state index contributed by atoms with van der Waals surface area (Å²) in [6.07, 6.45) is 0.363. The van der Waals surface area contributed by atoms with Gasteiger partial charge < -0.3 is 15.1 Å². The van der Waals surface area contributed by atoms with Crippen molar-refractivity contribution in [3.05, 3.63) is 60.2 Å². The van der Waals surface area contributed by atoms with Gasteiger partial charge in [-0.05, 0) is 36.8 Å². The monoisotopic (exact) mass is 311 g/mol. The van der Waals surface area contributed by atoms with Gasteiger partial charge in [0, 0.05) is 18.4 Å². The van der Waals surface area contributed by atoms with Gasteiger partial charge in [0.2, 0.25) is 5.91 Å². The van der Waals surface area contributed by atoms with Crippen LogP contribution in [0, 0.1) is 0 Å². The molecule has 0 bridgehead atoms. The molecule has 0 aliphatic carbocycles. The summed E-state index contributed by atoms with van der Waals surface area (Å²) >= 11 is 0. The van der Waals surface area contributed by atoms with Gasteiger partial charge in [-0.3, -0.25) is 4.79 Å². The molecule has 2 rings (SSSR count). The van der Waals surface area contributed by atoms with E-state index in [1.807, 2.05) is 73.5 Å². The first-order valence-electron chi connectivity index (χ1n) is 7.35. The minimum absolute atomic E-state index is 0.0329. The normalized spacial score (nSPS) is 11.0. The van der Waals surface area contributed by atoms with Gasteiger partial charge in [-0.2, -0.15) is 0 Å². The molecule has 0 spiro atoms. The smallest absolute Gasteiger partial charge is 0.228 e. The first-order chi connectivity index (χ1) is 11.1. The van der Waals surface area contributed by atoms with E-state index in [4.69, 9.17) is 4.84 Å². The molecule has 0 fully saturated rings. The predicted molar refractivity (Wildman–Crippen MR) is 93.7 cm³/mol. The van der Waals surface area contributed by atoms with Gasteiger partial charge in [0.1, 0.15) is 12.9 Å². The highest BCUT2D eigenvalue weighted by atomic mass is 16.6. The van der Waals surface area contributed by atoms with E-state index in [0.717, 1.165) is 22.8 Å². The third-order valence-corrected chi connectivity index (χ3v) is 3.45. The number of oxime groups is 1. The zero-order chi connectivity index (χ0) is 16.7. The van der Waals surface area contributed by atoms with Gasteiger partial charge in [-0.25, -0.2) is 0 Å². The number of nitrogens with zero attached hydrogens (tertiary/aromatic N) is 2. The standard InChI is InChI=1S/C18H21N3O2/c1-14(20-23-3)21(2)17-11-9-16(10-12-17)19-18(22)13-15-7-5-4-6-8-15/h4-12H,13H2,1-3H3,(H,19,22)/b20-14+. The maximum absolute atomic E-state index is 12.0. The second-order valence-electron chi connectivity index (χ2n) is 5.14. The highest BCUT2D eigenvalue weighted by Crippen LogP contribution is 2.17. The average molecular weight is 311 g/mol. The Morgan fingerprint density at radius 2 is 1.78 bits per heavy atom. The summed E-state index contributed by atoms with van der Waals surface area (Å²) in [5.74, 6) is 0.711. The van der Waals surface area contributed by atoms with Crippen molar-refractivity contribution >= 4 is 23.1 Å². The lowest BCUT2D eigenvalue weighted by atomic mass is 10.1. The quantitative estimate of drug-likeness (QED) is 0.524. The molecular weight excluding hydrogens is 290 g/mol. The van der Waals surface area contributed by atoms with Crippen molar-refractivity contribution in [2.24, 2.45) is 5.16 Å². The van der Waals surface area contributed by atoms with Crippen molar-refractivity contribution < 1.29 is 9.63 Å². The number of anilines is 2. The van der Waals surface area contributed by atoms with Crippen LogP contribution in [0.2, 0.25) is 0 Å². The van der Waals surface area contributed by atoms with Gasteiger partial charge in [0.05, 0.1) is 6.42 Å². The lowest BCUT2D eigenvalue weighted by Crippen LogP contribution is -2.23. The first-order valence-corrected chi connectivity index (χ1v) is 7.35. The van der Waals surface area contributed by atoms with Gasteiger partial charge in [-0.15, -0.1) is 0 Å². The summed E-state index contributed by atoms with van der Waals surface area (Å²) < 4.78 is 0. The number of amidine groups is 1. The van der Waals surface area contributed by atoms with Crippen LogP contribution in [0.1, 0.15) is 12.5 Å². The maximum atomic E-state index is 12.0. The van der Waals surface area contributed by atoms with Gasteiger partial charge in [0.25, 0.3) is 0 Å². The van der Waals surface area contributed by atoms with Crippen molar-refractivity contribution in [3.63, 3.8) is 0 Å². The summed E-state index contributed by atoms with van der Waals surface area (Å²) in [6, 6.07) is 17.3. The lowest BCUT2D eigenvalue weighted by Gasteiger charge is -2.18. The van der Waals surface area contributed by atoms with Crippen molar-refractivity contribution in [1.29, 1.82) is 0 Å². The summed E-state index contributed by atoms with van der Waals surface area (Å²) in [4.78, 5) is 18.7. The molecule has 5 nitrogen and oxygen atoms in total. The topological polar surface area (TPSA) is 53.9 Å². The van der Waals surface area contributed by atoms with Crippen LogP contribution in [0.15, 0.2) is 59.8 Å². The third kappa shape index (κ3) is 4.85. The molecule has 2 aromatic rings. The molecule has 0 unspecified atom stereocenters. The third-order valence-electron chi connectivity index (χ3n) is 3.45. The SMILES string of the molecule is CO/N=C(\C)N(C)c1ccc(NC(=O)Cc2ccccc2)cc1. The minimum atomic E-state index is -0.0329. The van der Waals surface area contributed by atoms with Gasteiger partial charge in [-0.1, -0.05) is 35.5 Å². The molecule has 120 valence electrons. The zero-order valence-corrected chi connectivity index (χ0v) is 13.6. The molecule has 0 aliphatic heterocycles. The molecule has 1 amide bonds. The van der Waals surface area contributed by atoms with Crippen LogP contribution in [0.25, 0.3) is 0 Å². The maximum Gasteiger partial charge on any atom is 0.228 e. The lowest BCUT2D eigenvalue weighted by molar-refractivity contribution is -0.115. The molecule has 0 aromatic heterocycles. The van der Waals surface area contributed by atoms with E-state index < -0.39 is 0 Å². The first kappa shape index (κ1) is 16.5.